The number of benzene rings is 1. The molecule has 4 heterocycles. The van der Waals surface area contributed by atoms with Crippen molar-refractivity contribution < 1.29 is 5.11 Å². The molecule has 0 fully saturated rings. The molecule has 4 aromatic heterocycles. The molecule has 0 aliphatic rings. The van der Waals surface area contributed by atoms with Crippen LogP contribution in [0.3, 0.4) is 0 Å². The van der Waals surface area contributed by atoms with E-state index in [9.17, 15) is 9.90 Å². The topological polar surface area (TPSA) is 97.9 Å². The minimum atomic E-state index is -0.149. The van der Waals surface area contributed by atoms with Gasteiger partial charge >= 0.3 is 5.69 Å². The highest BCUT2D eigenvalue weighted by Gasteiger charge is 2.18. The average molecular weight is 441 g/mol. The summed E-state index contributed by atoms with van der Waals surface area (Å²) in [6.07, 6.45) is 5.21. The Hall–Kier alpha value is -4.04. The zero-order valence-corrected chi connectivity index (χ0v) is 18.7. The van der Waals surface area contributed by atoms with E-state index < -0.39 is 0 Å². The summed E-state index contributed by atoms with van der Waals surface area (Å²) >= 11 is 0. The van der Waals surface area contributed by atoms with Gasteiger partial charge in [-0.05, 0) is 49.7 Å². The fourth-order valence-corrected chi connectivity index (χ4v) is 4.23. The van der Waals surface area contributed by atoms with E-state index in [-0.39, 0.29) is 12.3 Å². The number of pyridine rings is 3. The number of aliphatic hydroxyl groups excluding tert-OH is 1. The average Bonchev–Trinajstić information content (AvgIpc) is 3.09. The largest absolute Gasteiger partial charge is 0.390 e. The first kappa shape index (κ1) is 20.8. The lowest BCUT2D eigenvalue weighted by atomic mass is 10.0. The maximum Gasteiger partial charge on any atom is 0.333 e. The minimum absolute atomic E-state index is 0.133. The Morgan fingerprint density at radius 2 is 1.91 bits per heavy atom. The van der Waals surface area contributed by atoms with Gasteiger partial charge in [-0.2, -0.15) is 0 Å². The zero-order valence-electron chi connectivity index (χ0n) is 18.7. The van der Waals surface area contributed by atoms with Crippen molar-refractivity contribution in [3.8, 4) is 16.8 Å². The van der Waals surface area contributed by atoms with Gasteiger partial charge in [-0.3, -0.25) is 24.1 Å². The van der Waals surface area contributed by atoms with E-state index in [4.69, 9.17) is 0 Å². The molecule has 0 atom stereocenters. The van der Waals surface area contributed by atoms with Crippen LogP contribution in [-0.2, 0) is 13.7 Å². The second-order valence-corrected chi connectivity index (χ2v) is 7.92. The Balaban J connectivity index is 1.81. The highest BCUT2D eigenvalue weighted by molar-refractivity contribution is 6.04. The quantitative estimate of drug-likeness (QED) is 0.434. The molecule has 0 bridgehead atoms. The van der Waals surface area contributed by atoms with Crippen molar-refractivity contribution in [1.29, 1.82) is 0 Å². The van der Waals surface area contributed by atoms with Crippen molar-refractivity contribution in [3.63, 3.8) is 0 Å². The number of aromatic nitrogens is 5. The third-order valence-electron chi connectivity index (χ3n) is 5.92. The monoisotopic (exact) mass is 440 g/mol. The lowest BCUT2D eigenvalue weighted by molar-refractivity contribution is 0.277. The maximum absolute atomic E-state index is 13.3. The van der Waals surface area contributed by atoms with Gasteiger partial charge in [0.1, 0.15) is 0 Å². The molecule has 33 heavy (non-hydrogen) atoms. The molecule has 8 nitrogen and oxygen atoms in total. The number of imidazole rings is 1. The van der Waals surface area contributed by atoms with Gasteiger partial charge in [0.2, 0.25) is 0 Å². The lowest BCUT2D eigenvalue weighted by Gasteiger charge is -2.12. The highest BCUT2D eigenvalue weighted by Crippen LogP contribution is 2.31. The molecule has 0 aliphatic carbocycles. The Morgan fingerprint density at radius 3 is 2.67 bits per heavy atom. The number of nitrogens with zero attached hydrogens (tertiary/aromatic N) is 5. The number of aryl methyl sites for hydroxylation is 2. The van der Waals surface area contributed by atoms with Crippen LogP contribution >= 0.6 is 0 Å². The van der Waals surface area contributed by atoms with Crippen LogP contribution < -0.4 is 11.0 Å². The zero-order chi connectivity index (χ0) is 23.1. The molecular weight excluding hydrogens is 416 g/mol. The molecule has 0 spiro atoms. The second kappa shape index (κ2) is 8.14. The molecule has 166 valence electrons. The molecule has 0 radical (unpaired) electrons. The van der Waals surface area contributed by atoms with E-state index in [1.165, 1.54) is 0 Å². The lowest BCUT2D eigenvalue weighted by Crippen LogP contribution is -2.21. The predicted octanol–water partition coefficient (Wildman–Crippen LogP) is 3.57. The van der Waals surface area contributed by atoms with E-state index >= 15 is 0 Å². The standard InChI is InChI=1S/C25H24N6O2/c1-4-26-20-11-17(12-28-21(20)14-32)16-7-8-19-18(10-16)24-23(13-29-19)30(3)25(33)31(24)22-6-5-9-27-15(22)2/h5-13,26,32H,4,14H2,1-3H3. The maximum atomic E-state index is 13.3. The number of rotatable bonds is 5. The van der Waals surface area contributed by atoms with Crippen molar-refractivity contribution in [3.05, 3.63) is 76.9 Å². The van der Waals surface area contributed by atoms with Crippen LogP contribution in [0.15, 0.2) is 59.8 Å². The summed E-state index contributed by atoms with van der Waals surface area (Å²) in [6, 6.07) is 11.7. The van der Waals surface area contributed by atoms with Crippen LogP contribution in [0.25, 0.3) is 38.8 Å². The number of fused-ring (bicyclic) bond motifs is 3. The summed E-state index contributed by atoms with van der Waals surface area (Å²) in [4.78, 5) is 26.7. The second-order valence-electron chi connectivity index (χ2n) is 7.92. The van der Waals surface area contributed by atoms with Gasteiger partial charge in [0.25, 0.3) is 0 Å². The van der Waals surface area contributed by atoms with E-state index in [0.717, 1.165) is 56.7 Å². The Bertz CT molecular complexity index is 1570. The van der Waals surface area contributed by atoms with Crippen LogP contribution in [-0.4, -0.2) is 35.7 Å². The van der Waals surface area contributed by atoms with Crippen molar-refractivity contribution >= 4 is 27.6 Å². The molecule has 0 unspecified atom stereocenters. The van der Waals surface area contributed by atoms with Crippen molar-refractivity contribution in [2.45, 2.75) is 20.5 Å². The van der Waals surface area contributed by atoms with E-state index in [1.54, 1.807) is 34.8 Å². The molecule has 0 amide bonds. The van der Waals surface area contributed by atoms with Gasteiger partial charge in [-0.25, -0.2) is 4.79 Å². The molecule has 5 aromatic rings. The van der Waals surface area contributed by atoms with Crippen molar-refractivity contribution in [2.75, 3.05) is 11.9 Å². The number of nitrogens with one attached hydrogen (secondary N) is 1. The molecule has 5 rings (SSSR count). The molecule has 0 saturated carbocycles. The number of hydrogen-bond acceptors (Lipinski definition) is 6. The summed E-state index contributed by atoms with van der Waals surface area (Å²) < 4.78 is 3.32. The number of anilines is 1. The van der Waals surface area contributed by atoms with Gasteiger partial charge in [0.15, 0.2) is 0 Å². The van der Waals surface area contributed by atoms with Gasteiger partial charge in [-0.1, -0.05) is 6.07 Å². The summed E-state index contributed by atoms with van der Waals surface area (Å²) in [5, 5.41) is 13.7. The fraction of sp³-hybridized carbons (Fsp3) is 0.200. The molecule has 2 N–H and O–H groups in total. The van der Waals surface area contributed by atoms with Crippen molar-refractivity contribution in [1.82, 2.24) is 24.1 Å². The molecule has 0 aliphatic heterocycles. The van der Waals surface area contributed by atoms with Crippen LogP contribution in [0.5, 0.6) is 0 Å². The Labute approximate surface area is 190 Å². The van der Waals surface area contributed by atoms with E-state index in [0.29, 0.717) is 5.69 Å². The Kier molecular flexibility index (Phi) is 5.14. The van der Waals surface area contributed by atoms with Crippen LogP contribution in [0, 0.1) is 6.92 Å². The van der Waals surface area contributed by atoms with Crippen molar-refractivity contribution in [2.24, 2.45) is 7.05 Å². The van der Waals surface area contributed by atoms with E-state index in [2.05, 4.69) is 20.3 Å². The first-order valence-electron chi connectivity index (χ1n) is 10.8. The van der Waals surface area contributed by atoms with Crippen LogP contribution in [0.4, 0.5) is 5.69 Å². The highest BCUT2D eigenvalue weighted by atomic mass is 16.3. The molecule has 8 heteroatoms. The third-order valence-corrected chi connectivity index (χ3v) is 5.92. The molecule has 1 aromatic carbocycles. The fourth-order valence-electron chi connectivity index (χ4n) is 4.23. The first-order valence-corrected chi connectivity index (χ1v) is 10.8. The number of aliphatic hydroxyl groups is 1. The SMILES string of the molecule is CCNc1cc(-c2ccc3ncc4c(c3c2)n(-c2cccnc2C)c(=O)n4C)cnc1CO. The summed E-state index contributed by atoms with van der Waals surface area (Å²) in [5.74, 6) is 0. The smallest absolute Gasteiger partial charge is 0.333 e. The molecular formula is C25H24N6O2. The normalized spacial score (nSPS) is 11.4. The van der Waals surface area contributed by atoms with Crippen LogP contribution in [0.2, 0.25) is 0 Å². The first-order chi connectivity index (χ1) is 16.0. The predicted molar refractivity (Wildman–Crippen MR) is 130 cm³/mol. The van der Waals surface area contributed by atoms with Crippen LogP contribution in [0.1, 0.15) is 18.3 Å². The van der Waals surface area contributed by atoms with Gasteiger partial charge in [0, 0.05) is 36.9 Å². The van der Waals surface area contributed by atoms with Gasteiger partial charge in [-0.15, -0.1) is 0 Å². The van der Waals surface area contributed by atoms with Gasteiger partial charge in [0.05, 0.1) is 52.1 Å². The molecule has 0 saturated heterocycles. The number of hydrogen-bond donors (Lipinski definition) is 2. The summed E-state index contributed by atoms with van der Waals surface area (Å²) in [6.45, 7) is 4.49. The summed E-state index contributed by atoms with van der Waals surface area (Å²) in [5.41, 5.74) is 6.95. The summed E-state index contributed by atoms with van der Waals surface area (Å²) in [7, 11) is 1.75. The van der Waals surface area contributed by atoms with Gasteiger partial charge < -0.3 is 10.4 Å². The Morgan fingerprint density at radius 1 is 1.06 bits per heavy atom. The van der Waals surface area contributed by atoms with E-state index in [1.807, 2.05) is 50.2 Å². The third kappa shape index (κ3) is 3.35. The minimum Gasteiger partial charge on any atom is -0.390 e.